The number of halogens is 1. The van der Waals surface area contributed by atoms with Crippen LogP contribution < -0.4 is 4.74 Å². The van der Waals surface area contributed by atoms with E-state index < -0.39 is 23.5 Å². The average molecular weight is 395 g/mol. The van der Waals surface area contributed by atoms with Gasteiger partial charge in [0.05, 0.1) is 24.3 Å². The van der Waals surface area contributed by atoms with Crippen molar-refractivity contribution in [1.29, 1.82) is 0 Å². The number of benzene rings is 2. The van der Waals surface area contributed by atoms with Gasteiger partial charge in [0.1, 0.15) is 17.3 Å². The number of hydrogen-bond donors (Lipinski definition) is 1. The number of likely N-dealkylation sites (tertiary alicyclic amines) is 1. The molecule has 1 saturated carbocycles. The summed E-state index contributed by atoms with van der Waals surface area (Å²) >= 11 is 0. The van der Waals surface area contributed by atoms with Gasteiger partial charge in [-0.1, -0.05) is 37.1 Å². The maximum Gasteiger partial charge on any atom is 0.295 e. The Labute approximate surface area is 168 Å². The second-order valence-electron chi connectivity index (χ2n) is 7.40. The van der Waals surface area contributed by atoms with E-state index >= 15 is 0 Å². The van der Waals surface area contributed by atoms with E-state index in [2.05, 4.69) is 0 Å². The molecule has 5 nitrogen and oxygen atoms in total. The Morgan fingerprint density at radius 2 is 1.72 bits per heavy atom. The van der Waals surface area contributed by atoms with E-state index in [4.69, 9.17) is 4.74 Å². The van der Waals surface area contributed by atoms with Crippen molar-refractivity contribution in [1.82, 2.24) is 4.90 Å². The van der Waals surface area contributed by atoms with Gasteiger partial charge in [0.25, 0.3) is 11.7 Å². The average Bonchev–Trinajstić information content (AvgIpc) is 3.35. The highest BCUT2D eigenvalue weighted by molar-refractivity contribution is 6.46. The molecule has 1 aliphatic carbocycles. The fourth-order valence-corrected chi connectivity index (χ4v) is 4.37. The molecule has 1 heterocycles. The van der Waals surface area contributed by atoms with Gasteiger partial charge in [-0.05, 0) is 42.7 Å². The molecule has 4 rings (SSSR count). The molecule has 6 heteroatoms. The van der Waals surface area contributed by atoms with Crippen LogP contribution in [0.2, 0.25) is 0 Å². The molecular weight excluding hydrogens is 373 g/mol. The Kier molecular flexibility index (Phi) is 5.09. The van der Waals surface area contributed by atoms with Crippen LogP contribution >= 0.6 is 0 Å². The summed E-state index contributed by atoms with van der Waals surface area (Å²) in [5.41, 5.74) is 0.943. The van der Waals surface area contributed by atoms with Crippen LogP contribution in [-0.4, -0.2) is 34.8 Å². The van der Waals surface area contributed by atoms with E-state index in [0.717, 1.165) is 25.7 Å². The van der Waals surface area contributed by atoms with Crippen LogP contribution in [0.15, 0.2) is 54.1 Å². The molecule has 0 radical (unpaired) electrons. The fraction of sp³-hybridized carbons (Fsp3) is 0.304. The number of rotatable bonds is 4. The van der Waals surface area contributed by atoms with Crippen molar-refractivity contribution >= 4 is 17.4 Å². The molecule has 2 aromatic rings. The van der Waals surface area contributed by atoms with Crippen LogP contribution in [-0.2, 0) is 9.59 Å². The highest BCUT2D eigenvalue weighted by atomic mass is 19.1. The fourth-order valence-electron chi connectivity index (χ4n) is 4.37. The van der Waals surface area contributed by atoms with Crippen LogP contribution in [0, 0.1) is 5.82 Å². The topological polar surface area (TPSA) is 66.8 Å². The van der Waals surface area contributed by atoms with Crippen LogP contribution in [0.25, 0.3) is 5.76 Å². The number of methoxy groups -OCH3 is 1. The molecule has 1 N–H and O–H groups in total. The summed E-state index contributed by atoms with van der Waals surface area (Å²) < 4.78 is 18.8. The van der Waals surface area contributed by atoms with Gasteiger partial charge in [-0.15, -0.1) is 0 Å². The van der Waals surface area contributed by atoms with Gasteiger partial charge >= 0.3 is 0 Å². The second-order valence-corrected chi connectivity index (χ2v) is 7.40. The Balaban J connectivity index is 1.91. The Hall–Kier alpha value is -3.15. The third-order valence-corrected chi connectivity index (χ3v) is 5.75. The zero-order chi connectivity index (χ0) is 20.5. The number of hydrogen-bond acceptors (Lipinski definition) is 4. The molecule has 150 valence electrons. The third kappa shape index (κ3) is 3.28. The van der Waals surface area contributed by atoms with Gasteiger partial charge in [0, 0.05) is 6.04 Å². The maximum absolute atomic E-state index is 13.5. The molecule has 0 aromatic heterocycles. The van der Waals surface area contributed by atoms with E-state index in [0.29, 0.717) is 16.9 Å². The molecular formula is C23H22FNO4. The number of Topliss-reactive ketones (excluding diaryl/α,β-unsaturated/α-hetero) is 1. The van der Waals surface area contributed by atoms with E-state index in [1.807, 2.05) is 0 Å². The summed E-state index contributed by atoms with van der Waals surface area (Å²) in [6.45, 7) is 0. The third-order valence-electron chi connectivity index (χ3n) is 5.75. The summed E-state index contributed by atoms with van der Waals surface area (Å²) in [4.78, 5) is 27.6. The molecule has 2 fully saturated rings. The zero-order valence-corrected chi connectivity index (χ0v) is 16.1. The summed E-state index contributed by atoms with van der Waals surface area (Å²) in [7, 11) is 1.47. The van der Waals surface area contributed by atoms with Crippen molar-refractivity contribution in [3.63, 3.8) is 0 Å². The number of carbonyl (C=O) groups excluding carboxylic acids is 2. The number of amides is 1. The highest BCUT2D eigenvalue weighted by Gasteiger charge is 2.49. The van der Waals surface area contributed by atoms with E-state index in [1.54, 1.807) is 41.3 Å². The van der Waals surface area contributed by atoms with Crippen LogP contribution in [0.1, 0.15) is 42.9 Å². The smallest absolute Gasteiger partial charge is 0.295 e. The SMILES string of the molecule is COc1ccccc1/C(O)=C1/C(=O)C(=O)N(C2CCCC2)C1c1ccc(F)cc1. The molecule has 1 atom stereocenters. The molecule has 1 amide bonds. The molecule has 2 aliphatic rings. The predicted octanol–water partition coefficient (Wildman–Crippen LogP) is 4.20. The molecule has 1 aliphatic heterocycles. The largest absolute Gasteiger partial charge is 0.507 e. The lowest BCUT2D eigenvalue weighted by Gasteiger charge is -2.30. The van der Waals surface area contributed by atoms with Crippen molar-refractivity contribution < 1.29 is 23.8 Å². The van der Waals surface area contributed by atoms with Gasteiger partial charge in [0.2, 0.25) is 0 Å². The van der Waals surface area contributed by atoms with Crippen molar-refractivity contribution in [2.24, 2.45) is 0 Å². The lowest BCUT2D eigenvalue weighted by atomic mass is 9.94. The van der Waals surface area contributed by atoms with Crippen molar-refractivity contribution in [2.75, 3.05) is 7.11 Å². The van der Waals surface area contributed by atoms with E-state index in [-0.39, 0.29) is 17.4 Å². The van der Waals surface area contributed by atoms with Crippen LogP contribution in [0.3, 0.4) is 0 Å². The van der Waals surface area contributed by atoms with Crippen molar-refractivity contribution in [2.45, 2.75) is 37.8 Å². The van der Waals surface area contributed by atoms with Crippen LogP contribution in [0.5, 0.6) is 5.75 Å². The summed E-state index contributed by atoms with van der Waals surface area (Å²) in [5.74, 6) is -1.64. The first-order chi connectivity index (χ1) is 14.0. The normalized spacial score (nSPS) is 21.7. The second kappa shape index (κ2) is 7.70. The minimum absolute atomic E-state index is 0.0120. The quantitative estimate of drug-likeness (QED) is 0.479. The first-order valence-corrected chi connectivity index (χ1v) is 9.72. The molecule has 0 spiro atoms. The lowest BCUT2D eigenvalue weighted by molar-refractivity contribution is -0.141. The van der Waals surface area contributed by atoms with Gasteiger partial charge in [-0.3, -0.25) is 9.59 Å². The molecule has 2 aromatic carbocycles. The monoisotopic (exact) mass is 395 g/mol. The Morgan fingerprint density at radius 1 is 1.07 bits per heavy atom. The first kappa shape index (κ1) is 19.2. The van der Waals surface area contributed by atoms with E-state index in [1.165, 1.54) is 19.2 Å². The number of ketones is 1. The Bertz CT molecular complexity index is 977. The number of nitrogens with zero attached hydrogens (tertiary/aromatic N) is 1. The summed E-state index contributed by atoms with van der Waals surface area (Å²) in [6.07, 6.45) is 3.57. The first-order valence-electron chi connectivity index (χ1n) is 9.72. The van der Waals surface area contributed by atoms with E-state index in [9.17, 15) is 19.1 Å². The van der Waals surface area contributed by atoms with Gasteiger partial charge in [-0.2, -0.15) is 0 Å². The highest BCUT2D eigenvalue weighted by Crippen LogP contribution is 2.44. The van der Waals surface area contributed by atoms with Crippen LogP contribution in [0.4, 0.5) is 4.39 Å². The number of carbonyl (C=O) groups is 2. The molecule has 1 unspecified atom stereocenters. The van der Waals surface area contributed by atoms with Crippen molar-refractivity contribution in [3.8, 4) is 5.75 Å². The minimum Gasteiger partial charge on any atom is -0.507 e. The zero-order valence-electron chi connectivity index (χ0n) is 16.1. The molecule has 29 heavy (non-hydrogen) atoms. The standard InChI is InChI=1S/C23H22FNO4/c1-29-18-9-5-4-8-17(18)21(26)19-20(14-10-12-15(24)13-11-14)25(23(28)22(19)27)16-6-2-3-7-16/h4-5,8-13,16,20,26H,2-3,6-7H2,1H3/b21-19-. The number of para-hydroxylation sites is 1. The molecule has 1 saturated heterocycles. The van der Waals surface area contributed by atoms with Gasteiger partial charge in [-0.25, -0.2) is 4.39 Å². The Morgan fingerprint density at radius 3 is 2.38 bits per heavy atom. The summed E-state index contributed by atoms with van der Waals surface area (Å²) in [6, 6.07) is 11.7. The van der Waals surface area contributed by atoms with Gasteiger partial charge < -0.3 is 14.7 Å². The minimum atomic E-state index is -0.761. The number of aliphatic hydroxyl groups is 1. The lowest BCUT2D eigenvalue weighted by Crippen LogP contribution is -2.37. The number of aliphatic hydroxyl groups excluding tert-OH is 1. The van der Waals surface area contributed by atoms with Gasteiger partial charge in [0.15, 0.2) is 0 Å². The number of ether oxygens (including phenoxy) is 1. The van der Waals surface area contributed by atoms with Crippen molar-refractivity contribution in [3.05, 3.63) is 71.0 Å². The maximum atomic E-state index is 13.5. The molecule has 0 bridgehead atoms. The predicted molar refractivity (Wildman–Crippen MR) is 106 cm³/mol. The summed E-state index contributed by atoms with van der Waals surface area (Å²) in [5, 5.41) is 11.1.